The van der Waals surface area contributed by atoms with Crippen molar-refractivity contribution >= 4 is 30.1 Å². The van der Waals surface area contributed by atoms with Crippen LogP contribution < -0.4 is 4.74 Å². The van der Waals surface area contributed by atoms with Crippen LogP contribution in [0.2, 0.25) is 0 Å². The number of hydrogen-bond acceptors (Lipinski definition) is 6. The average Bonchev–Trinajstić information content (AvgIpc) is 2.93. The molecule has 25 heavy (non-hydrogen) atoms. The van der Waals surface area contributed by atoms with Gasteiger partial charge < -0.3 is 14.7 Å². The fourth-order valence-corrected chi connectivity index (χ4v) is 3.59. The minimum absolute atomic E-state index is 0.0257. The van der Waals surface area contributed by atoms with E-state index in [9.17, 15) is 10.1 Å². The standard InChI is InChI=1S/C15H11N5O3S2/c1-6-9-10(7-2-4-8(5-3-7)20(21)22)11-12(23-13(9)19-18-6)16-15(25)17-14(11)24/h2-5,10H,1H3,(H,18,19)(H2,16,17,24,25). The number of nitro groups is 1. The van der Waals surface area contributed by atoms with Gasteiger partial charge >= 0.3 is 0 Å². The second kappa shape index (κ2) is 5.60. The van der Waals surface area contributed by atoms with Crippen molar-refractivity contribution in [2.75, 3.05) is 0 Å². The number of fused-ring (bicyclic) bond motifs is 2. The third-order valence-corrected chi connectivity index (χ3v) is 4.64. The highest BCUT2D eigenvalue weighted by Gasteiger charge is 2.34. The molecule has 0 radical (unpaired) electrons. The largest absolute Gasteiger partial charge is 0.420 e. The molecular formula is C15H11N5O3S2. The number of ether oxygens (including phenoxy) is 1. The number of nitrogens with zero attached hydrogens (tertiary/aromatic N) is 2. The summed E-state index contributed by atoms with van der Waals surface area (Å²) in [6.45, 7) is 1.89. The second-order valence-corrected chi connectivity index (χ2v) is 6.42. The molecule has 2 aromatic heterocycles. The van der Waals surface area contributed by atoms with E-state index in [1.807, 2.05) is 6.92 Å². The number of aromatic amines is 3. The molecule has 0 amide bonds. The molecule has 3 aromatic rings. The number of nitrogens with one attached hydrogen (secondary N) is 3. The van der Waals surface area contributed by atoms with Crippen LogP contribution in [-0.4, -0.2) is 25.1 Å². The zero-order valence-electron chi connectivity index (χ0n) is 12.8. The first kappa shape index (κ1) is 15.7. The number of aryl methyl sites for hydroxylation is 1. The number of non-ortho nitro benzene ring substituents is 1. The lowest BCUT2D eigenvalue weighted by molar-refractivity contribution is -0.384. The molecule has 3 N–H and O–H groups in total. The fraction of sp³-hybridized carbons (Fsp3) is 0.133. The van der Waals surface area contributed by atoms with Crippen molar-refractivity contribution in [3.63, 3.8) is 0 Å². The topological polar surface area (TPSA) is 113 Å². The van der Waals surface area contributed by atoms with Gasteiger partial charge in [0, 0.05) is 29.3 Å². The van der Waals surface area contributed by atoms with E-state index in [-0.39, 0.29) is 11.6 Å². The van der Waals surface area contributed by atoms with E-state index in [1.54, 1.807) is 12.1 Å². The van der Waals surface area contributed by atoms with E-state index in [2.05, 4.69) is 20.2 Å². The Morgan fingerprint density at radius 3 is 2.60 bits per heavy atom. The molecule has 0 saturated heterocycles. The summed E-state index contributed by atoms with van der Waals surface area (Å²) in [5.74, 6) is 0.574. The zero-order chi connectivity index (χ0) is 17.7. The Labute approximate surface area is 151 Å². The van der Waals surface area contributed by atoms with Crippen molar-refractivity contribution in [3.05, 3.63) is 66.2 Å². The first-order valence-corrected chi connectivity index (χ1v) is 8.11. The number of nitro benzene ring substituents is 1. The Balaban J connectivity index is 1.98. The Kier molecular flexibility index (Phi) is 3.51. The maximum Gasteiger partial charge on any atom is 0.269 e. The summed E-state index contributed by atoms with van der Waals surface area (Å²) >= 11 is 10.6. The lowest BCUT2D eigenvalue weighted by Crippen LogP contribution is -2.14. The van der Waals surface area contributed by atoms with Gasteiger partial charge in [0.15, 0.2) is 4.77 Å². The maximum absolute atomic E-state index is 10.9. The summed E-state index contributed by atoms with van der Waals surface area (Å²) in [6.07, 6.45) is 0. The van der Waals surface area contributed by atoms with Crippen LogP contribution in [-0.2, 0) is 0 Å². The monoisotopic (exact) mass is 373 g/mol. The number of hydrogen-bond donors (Lipinski definition) is 3. The molecule has 1 aliphatic rings. The molecule has 10 heteroatoms. The third kappa shape index (κ3) is 2.46. The van der Waals surface area contributed by atoms with Gasteiger partial charge in [-0.1, -0.05) is 24.4 Å². The fourth-order valence-electron chi connectivity index (χ4n) is 3.01. The van der Waals surface area contributed by atoms with Crippen LogP contribution in [0, 0.1) is 26.4 Å². The number of benzene rings is 1. The Morgan fingerprint density at radius 2 is 1.92 bits per heavy atom. The van der Waals surface area contributed by atoms with E-state index < -0.39 is 4.92 Å². The van der Waals surface area contributed by atoms with Gasteiger partial charge in [-0.3, -0.25) is 15.2 Å². The van der Waals surface area contributed by atoms with Crippen LogP contribution in [0.5, 0.6) is 11.8 Å². The smallest absolute Gasteiger partial charge is 0.269 e. The minimum atomic E-state index is -0.431. The van der Waals surface area contributed by atoms with Crippen molar-refractivity contribution in [2.45, 2.75) is 12.8 Å². The van der Waals surface area contributed by atoms with Crippen LogP contribution in [0.4, 0.5) is 5.69 Å². The zero-order valence-corrected chi connectivity index (χ0v) is 14.5. The van der Waals surface area contributed by atoms with Gasteiger partial charge in [0.05, 0.1) is 10.5 Å². The molecular weight excluding hydrogens is 362 g/mol. The highest BCUT2D eigenvalue weighted by atomic mass is 32.1. The molecule has 1 atom stereocenters. The molecule has 0 fully saturated rings. The summed E-state index contributed by atoms with van der Waals surface area (Å²) in [4.78, 5) is 16.4. The van der Waals surface area contributed by atoms with E-state index in [1.165, 1.54) is 12.1 Å². The molecule has 3 heterocycles. The summed E-state index contributed by atoms with van der Waals surface area (Å²) < 4.78 is 6.62. The Bertz CT molecular complexity index is 1110. The summed E-state index contributed by atoms with van der Waals surface area (Å²) in [5.41, 5.74) is 3.25. The van der Waals surface area contributed by atoms with Crippen LogP contribution in [0.25, 0.3) is 0 Å². The first-order chi connectivity index (χ1) is 12.0. The molecule has 0 aliphatic carbocycles. The normalized spacial score (nSPS) is 15.2. The van der Waals surface area contributed by atoms with Crippen molar-refractivity contribution in [2.24, 2.45) is 0 Å². The van der Waals surface area contributed by atoms with Gasteiger partial charge in [0.25, 0.3) is 5.69 Å². The predicted molar refractivity (Wildman–Crippen MR) is 94.3 cm³/mol. The molecule has 0 bridgehead atoms. The Hall–Kier alpha value is -2.85. The molecule has 8 nitrogen and oxygen atoms in total. The van der Waals surface area contributed by atoms with Gasteiger partial charge in [-0.2, -0.15) is 0 Å². The van der Waals surface area contributed by atoms with Gasteiger partial charge in [-0.25, -0.2) is 0 Å². The molecule has 1 aliphatic heterocycles. The number of rotatable bonds is 2. The van der Waals surface area contributed by atoms with Gasteiger partial charge in [-0.15, -0.1) is 5.10 Å². The van der Waals surface area contributed by atoms with Gasteiger partial charge in [0.1, 0.15) is 4.64 Å². The summed E-state index contributed by atoms with van der Waals surface area (Å²) in [5, 5.41) is 18.0. The summed E-state index contributed by atoms with van der Waals surface area (Å²) in [6, 6.07) is 6.37. The number of H-pyrrole nitrogens is 3. The highest BCUT2D eigenvalue weighted by Crippen LogP contribution is 2.47. The Morgan fingerprint density at radius 1 is 1.20 bits per heavy atom. The summed E-state index contributed by atoms with van der Waals surface area (Å²) in [7, 11) is 0. The van der Waals surface area contributed by atoms with E-state index in [4.69, 9.17) is 29.2 Å². The van der Waals surface area contributed by atoms with Crippen molar-refractivity contribution < 1.29 is 9.66 Å². The molecule has 0 spiro atoms. The van der Waals surface area contributed by atoms with Crippen LogP contribution >= 0.6 is 24.4 Å². The van der Waals surface area contributed by atoms with Crippen LogP contribution in [0.3, 0.4) is 0 Å². The first-order valence-electron chi connectivity index (χ1n) is 7.29. The van der Waals surface area contributed by atoms with Crippen molar-refractivity contribution in [1.29, 1.82) is 0 Å². The highest BCUT2D eigenvalue weighted by molar-refractivity contribution is 7.72. The third-order valence-electron chi connectivity index (χ3n) is 4.12. The van der Waals surface area contributed by atoms with Gasteiger partial charge in [0.2, 0.25) is 11.8 Å². The van der Waals surface area contributed by atoms with E-state index in [0.717, 1.165) is 22.4 Å². The van der Waals surface area contributed by atoms with Crippen molar-refractivity contribution in [3.8, 4) is 11.8 Å². The lowest BCUT2D eigenvalue weighted by Gasteiger charge is -2.25. The maximum atomic E-state index is 10.9. The number of aromatic nitrogens is 4. The van der Waals surface area contributed by atoms with Crippen LogP contribution in [0.15, 0.2) is 24.3 Å². The predicted octanol–water partition coefficient (Wildman–Crippen LogP) is 4.03. The molecule has 1 aromatic carbocycles. The van der Waals surface area contributed by atoms with Crippen LogP contribution in [0.1, 0.15) is 28.3 Å². The molecule has 1 unspecified atom stereocenters. The molecule has 126 valence electrons. The average molecular weight is 373 g/mol. The quantitative estimate of drug-likeness (QED) is 0.278. The van der Waals surface area contributed by atoms with E-state index >= 15 is 0 Å². The second-order valence-electron chi connectivity index (χ2n) is 5.60. The van der Waals surface area contributed by atoms with Gasteiger partial charge in [-0.05, 0) is 24.7 Å². The minimum Gasteiger partial charge on any atom is -0.420 e. The van der Waals surface area contributed by atoms with Crippen molar-refractivity contribution in [1.82, 2.24) is 20.2 Å². The lowest BCUT2D eigenvalue weighted by atomic mass is 9.85. The van der Waals surface area contributed by atoms with E-state index in [0.29, 0.717) is 21.2 Å². The molecule has 0 saturated carbocycles. The molecule has 4 rings (SSSR count). The SMILES string of the molecule is Cc1[nH]nc2c1C(c1ccc([N+](=O)[O-])cc1)c1c([nH]c(=S)[nH]c1=S)O2.